The van der Waals surface area contributed by atoms with Gasteiger partial charge in [0.15, 0.2) is 0 Å². The molecule has 0 bridgehead atoms. The number of nitrogens with one attached hydrogen (secondary N) is 1. The number of primary amides is 1. The fourth-order valence-electron chi connectivity index (χ4n) is 1.16. The number of hydrogen-bond donors (Lipinski definition) is 3. The number of amides is 2. The van der Waals surface area contributed by atoms with Crippen molar-refractivity contribution in [2.24, 2.45) is 16.9 Å². The summed E-state index contributed by atoms with van der Waals surface area (Å²) in [5.74, 6) is -1.75. The lowest BCUT2D eigenvalue weighted by Crippen LogP contribution is -2.37. The maximum absolute atomic E-state index is 13.5. The first kappa shape index (κ1) is 14.1. The molecule has 0 fully saturated rings. The van der Waals surface area contributed by atoms with Crippen LogP contribution >= 0.6 is 0 Å². The van der Waals surface area contributed by atoms with Crippen LogP contribution in [0.25, 0.3) is 0 Å². The summed E-state index contributed by atoms with van der Waals surface area (Å²) in [5, 5.41) is 2.39. The van der Waals surface area contributed by atoms with E-state index in [2.05, 4.69) is 5.32 Å². The van der Waals surface area contributed by atoms with E-state index in [9.17, 15) is 14.0 Å². The van der Waals surface area contributed by atoms with Gasteiger partial charge in [0, 0.05) is 12.1 Å². The van der Waals surface area contributed by atoms with Crippen molar-refractivity contribution < 1.29 is 14.0 Å². The third kappa shape index (κ3) is 3.04. The molecular weight excluding hydrogens is 237 g/mol. The quantitative estimate of drug-likeness (QED) is 0.741. The third-order valence-corrected chi connectivity index (χ3v) is 2.62. The molecule has 1 rings (SSSR count). The highest BCUT2D eigenvalue weighted by molar-refractivity contribution is 5.98. The van der Waals surface area contributed by atoms with Gasteiger partial charge in [0.05, 0.1) is 11.1 Å². The Bertz CT molecular complexity index is 486. The fourth-order valence-corrected chi connectivity index (χ4v) is 1.16. The largest absolute Gasteiger partial charge is 0.366 e. The van der Waals surface area contributed by atoms with E-state index in [1.165, 1.54) is 12.1 Å². The van der Waals surface area contributed by atoms with Crippen molar-refractivity contribution in [1.29, 1.82) is 0 Å². The molecule has 0 aromatic heterocycles. The van der Waals surface area contributed by atoms with Crippen molar-refractivity contribution in [1.82, 2.24) is 0 Å². The number of halogens is 1. The number of anilines is 1. The summed E-state index contributed by atoms with van der Waals surface area (Å²) in [4.78, 5) is 22.8. The zero-order valence-corrected chi connectivity index (χ0v) is 10.3. The molecule has 0 unspecified atom stereocenters. The van der Waals surface area contributed by atoms with Crippen molar-refractivity contribution in [2.75, 3.05) is 11.9 Å². The second-order valence-corrected chi connectivity index (χ2v) is 4.60. The SMILES string of the molecule is CC(C)(CN)C(=O)Nc1cc(C(N)=O)ccc1F. The Morgan fingerprint density at radius 3 is 2.50 bits per heavy atom. The monoisotopic (exact) mass is 253 g/mol. The van der Waals surface area contributed by atoms with Crippen molar-refractivity contribution in [3.05, 3.63) is 29.6 Å². The molecule has 1 aromatic carbocycles. The minimum atomic E-state index is -0.824. The summed E-state index contributed by atoms with van der Waals surface area (Å²) in [6, 6.07) is 3.52. The van der Waals surface area contributed by atoms with Gasteiger partial charge in [-0.05, 0) is 32.0 Å². The Morgan fingerprint density at radius 1 is 1.39 bits per heavy atom. The zero-order chi connectivity index (χ0) is 13.9. The van der Waals surface area contributed by atoms with Crippen molar-refractivity contribution in [3.63, 3.8) is 0 Å². The van der Waals surface area contributed by atoms with Crippen molar-refractivity contribution in [2.45, 2.75) is 13.8 Å². The molecule has 6 heteroatoms. The first-order valence-corrected chi connectivity index (χ1v) is 5.39. The van der Waals surface area contributed by atoms with Crippen LogP contribution in [0.15, 0.2) is 18.2 Å². The topological polar surface area (TPSA) is 98.2 Å². The molecule has 2 amide bonds. The summed E-state index contributed by atoms with van der Waals surface area (Å²) in [7, 11) is 0. The van der Waals surface area contributed by atoms with Gasteiger partial charge in [0.1, 0.15) is 5.82 Å². The predicted octanol–water partition coefficient (Wildman–Crippen LogP) is 0.848. The van der Waals surface area contributed by atoms with Crippen LogP contribution < -0.4 is 16.8 Å². The van der Waals surface area contributed by atoms with E-state index in [0.717, 1.165) is 6.07 Å². The van der Waals surface area contributed by atoms with E-state index in [-0.39, 0.29) is 17.8 Å². The first-order chi connectivity index (χ1) is 8.27. The Morgan fingerprint density at radius 2 is 2.00 bits per heavy atom. The number of nitrogens with two attached hydrogens (primary N) is 2. The van der Waals surface area contributed by atoms with E-state index in [0.29, 0.717) is 0 Å². The van der Waals surface area contributed by atoms with Crippen LogP contribution in [0.1, 0.15) is 24.2 Å². The van der Waals surface area contributed by atoms with Gasteiger partial charge in [-0.3, -0.25) is 9.59 Å². The number of benzene rings is 1. The van der Waals surface area contributed by atoms with Gasteiger partial charge in [-0.15, -0.1) is 0 Å². The van der Waals surface area contributed by atoms with E-state index in [4.69, 9.17) is 11.5 Å². The normalized spacial score (nSPS) is 11.1. The van der Waals surface area contributed by atoms with Gasteiger partial charge in [0.25, 0.3) is 0 Å². The number of hydrogen-bond acceptors (Lipinski definition) is 3. The first-order valence-electron chi connectivity index (χ1n) is 5.39. The molecule has 0 spiro atoms. The average molecular weight is 253 g/mol. The van der Waals surface area contributed by atoms with Crippen LogP contribution in [0.4, 0.5) is 10.1 Å². The molecule has 0 atom stereocenters. The molecule has 0 saturated carbocycles. The molecule has 1 aromatic rings. The predicted molar refractivity (Wildman–Crippen MR) is 66.4 cm³/mol. The second kappa shape index (κ2) is 5.14. The van der Waals surface area contributed by atoms with Crippen LogP contribution in [0.2, 0.25) is 0 Å². The molecule has 0 saturated heterocycles. The molecule has 98 valence electrons. The van der Waals surface area contributed by atoms with E-state index >= 15 is 0 Å². The van der Waals surface area contributed by atoms with Crippen molar-refractivity contribution >= 4 is 17.5 Å². The van der Waals surface area contributed by atoms with Crippen LogP contribution in [0.3, 0.4) is 0 Å². The summed E-state index contributed by atoms with van der Waals surface area (Å²) in [6.07, 6.45) is 0. The Balaban J connectivity index is 3.01. The molecule has 0 aliphatic carbocycles. The molecule has 0 heterocycles. The van der Waals surface area contributed by atoms with Crippen molar-refractivity contribution in [3.8, 4) is 0 Å². The summed E-state index contributed by atoms with van der Waals surface area (Å²) < 4.78 is 13.5. The van der Waals surface area contributed by atoms with Gasteiger partial charge < -0.3 is 16.8 Å². The smallest absolute Gasteiger partial charge is 0.248 e. The van der Waals surface area contributed by atoms with Crippen LogP contribution in [0, 0.1) is 11.2 Å². The van der Waals surface area contributed by atoms with Crippen LogP contribution in [-0.2, 0) is 4.79 Å². The lowest BCUT2D eigenvalue weighted by Gasteiger charge is -2.21. The molecule has 0 radical (unpaired) electrons. The number of rotatable bonds is 4. The van der Waals surface area contributed by atoms with Gasteiger partial charge >= 0.3 is 0 Å². The van der Waals surface area contributed by atoms with E-state index in [1.54, 1.807) is 13.8 Å². The Hall–Kier alpha value is -1.95. The molecule has 5 N–H and O–H groups in total. The maximum Gasteiger partial charge on any atom is 0.248 e. The Labute approximate surface area is 104 Å². The number of carbonyl (C=O) groups excluding carboxylic acids is 2. The highest BCUT2D eigenvalue weighted by Gasteiger charge is 2.26. The summed E-state index contributed by atoms with van der Waals surface area (Å²) in [5.41, 5.74) is 9.74. The van der Waals surface area contributed by atoms with E-state index in [1.807, 2.05) is 0 Å². The summed E-state index contributed by atoms with van der Waals surface area (Å²) in [6.45, 7) is 3.40. The standard InChI is InChI=1S/C12H16FN3O2/c1-12(2,6-14)11(18)16-9-5-7(10(15)17)3-4-8(9)13/h3-5H,6,14H2,1-2H3,(H2,15,17)(H,16,18). The fraction of sp³-hybridized carbons (Fsp3) is 0.333. The molecule has 0 aliphatic heterocycles. The third-order valence-electron chi connectivity index (χ3n) is 2.62. The van der Waals surface area contributed by atoms with Gasteiger partial charge in [-0.2, -0.15) is 0 Å². The minimum Gasteiger partial charge on any atom is -0.366 e. The molecule has 18 heavy (non-hydrogen) atoms. The van der Waals surface area contributed by atoms with Crippen LogP contribution in [0.5, 0.6) is 0 Å². The number of carbonyl (C=O) groups is 2. The summed E-state index contributed by atoms with van der Waals surface area (Å²) >= 11 is 0. The maximum atomic E-state index is 13.5. The lowest BCUT2D eigenvalue weighted by atomic mass is 9.92. The molecule has 5 nitrogen and oxygen atoms in total. The highest BCUT2D eigenvalue weighted by atomic mass is 19.1. The molecular formula is C12H16FN3O2. The van der Waals surface area contributed by atoms with Gasteiger partial charge in [0.2, 0.25) is 11.8 Å². The van der Waals surface area contributed by atoms with Gasteiger partial charge in [-0.25, -0.2) is 4.39 Å². The average Bonchev–Trinajstić information content (AvgIpc) is 2.31. The second-order valence-electron chi connectivity index (χ2n) is 4.60. The van der Waals surface area contributed by atoms with Crippen LogP contribution in [-0.4, -0.2) is 18.4 Å². The van der Waals surface area contributed by atoms with E-state index < -0.39 is 23.0 Å². The highest BCUT2D eigenvalue weighted by Crippen LogP contribution is 2.20. The Kier molecular flexibility index (Phi) is 4.03. The lowest BCUT2D eigenvalue weighted by molar-refractivity contribution is -0.123. The minimum absolute atomic E-state index is 0.0853. The molecule has 0 aliphatic rings. The van der Waals surface area contributed by atoms with Gasteiger partial charge in [-0.1, -0.05) is 0 Å². The zero-order valence-electron chi connectivity index (χ0n) is 10.3.